The smallest absolute Gasteiger partial charge is 0.336 e. The number of ether oxygens (including phenoxy) is 3. The second-order valence-corrected chi connectivity index (χ2v) is 8.75. The Morgan fingerprint density at radius 1 is 1.03 bits per heavy atom. The SMILES string of the molecule is CCOC(=O)C1=C(C)NC(C)=C(C(=O)OCC)C1c1ccccc1OCCCN=C(N)SCC. The molecule has 1 heterocycles. The predicted molar refractivity (Wildman–Crippen MR) is 136 cm³/mol. The third kappa shape index (κ3) is 7.03. The second kappa shape index (κ2) is 13.7. The lowest BCUT2D eigenvalue weighted by atomic mass is 9.80. The Kier molecular flexibility index (Phi) is 11.0. The summed E-state index contributed by atoms with van der Waals surface area (Å²) in [6.45, 7) is 10.5. The van der Waals surface area contributed by atoms with Gasteiger partial charge in [-0.25, -0.2) is 9.59 Å². The number of esters is 2. The lowest BCUT2D eigenvalue weighted by Crippen LogP contribution is -2.32. The van der Waals surface area contributed by atoms with E-state index in [0.29, 0.717) is 58.6 Å². The number of nitrogens with one attached hydrogen (secondary N) is 1. The highest BCUT2D eigenvalue weighted by Crippen LogP contribution is 2.42. The van der Waals surface area contributed by atoms with Crippen molar-refractivity contribution in [3.8, 4) is 5.75 Å². The van der Waals surface area contributed by atoms with Crippen molar-refractivity contribution in [2.24, 2.45) is 10.7 Å². The van der Waals surface area contributed by atoms with Crippen LogP contribution >= 0.6 is 11.8 Å². The fourth-order valence-electron chi connectivity index (χ4n) is 3.74. The monoisotopic (exact) mass is 489 g/mol. The van der Waals surface area contributed by atoms with E-state index in [0.717, 1.165) is 5.75 Å². The number of nitrogens with two attached hydrogens (primary N) is 1. The largest absolute Gasteiger partial charge is 0.493 e. The van der Waals surface area contributed by atoms with Gasteiger partial charge in [-0.2, -0.15) is 0 Å². The zero-order chi connectivity index (χ0) is 25.1. The van der Waals surface area contributed by atoms with E-state index < -0.39 is 17.9 Å². The van der Waals surface area contributed by atoms with E-state index in [4.69, 9.17) is 19.9 Å². The van der Waals surface area contributed by atoms with Gasteiger partial charge in [0.1, 0.15) is 5.75 Å². The van der Waals surface area contributed by atoms with E-state index in [-0.39, 0.29) is 13.2 Å². The van der Waals surface area contributed by atoms with Gasteiger partial charge in [0.05, 0.1) is 36.9 Å². The van der Waals surface area contributed by atoms with Crippen molar-refractivity contribution < 1.29 is 23.8 Å². The van der Waals surface area contributed by atoms with Crippen LogP contribution in [0.5, 0.6) is 5.75 Å². The zero-order valence-electron chi connectivity index (χ0n) is 20.6. The molecular formula is C25H35N3O5S. The van der Waals surface area contributed by atoms with Crippen molar-refractivity contribution >= 4 is 28.9 Å². The molecule has 8 nitrogen and oxygen atoms in total. The standard InChI is InChI=1S/C25H35N3O5S/c1-6-31-23(29)20-16(4)28-17(5)21(24(30)32-7-2)22(20)18-12-9-10-13-19(18)33-15-11-14-27-25(26)34-8-3/h9-10,12-13,22,28H,6-8,11,14-15H2,1-5H3,(H2,26,27). The van der Waals surface area contributed by atoms with E-state index in [1.54, 1.807) is 27.7 Å². The third-order valence-electron chi connectivity index (χ3n) is 5.10. The summed E-state index contributed by atoms with van der Waals surface area (Å²) in [5, 5.41) is 3.71. The lowest BCUT2D eigenvalue weighted by molar-refractivity contribution is -0.139. The number of hydrogen-bond donors (Lipinski definition) is 2. The molecule has 1 aliphatic rings. The summed E-state index contributed by atoms with van der Waals surface area (Å²) in [5.74, 6) is -0.204. The number of benzene rings is 1. The van der Waals surface area contributed by atoms with Crippen LogP contribution in [-0.2, 0) is 19.1 Å². The van der Waals surface area contributed by atoms with Crippen molar-refractivity contribution in [1.82, 2.24) is 5.32 Å². The van der Waals surface area contributed by atoms with Crippen LogP contribution in [0.3, 0.4) is 0 Å². The molecule has 0 aliphatic carbocycles. The molecule has 2 rings (SSSR count). The van der Waals surface area contributed by atoms with Crippen molar-refractivity contribution in [3.63, 3.8) is 0 Å². The van der Waals surface area contributed by atoms with Crippen molar-refractivity contribution in [2.45, 2.75) is 47.0 Å². The van der Waals surface area contributed by atoms with Gasteiger partial charge < -0.3 is 25.3 Å². The van der Waals surface area contributed by atoms with Crippen LogP contribution in [0.1, 0.15) is 52.5 Å². The summed E-state index contributed by atoms with van der Waals surface area (Å²) in [6, 6.07) is 7.40. The normalized spacial score (nSPS) is 14.7. The number of carbonyl (C=O) groups is 2. The van der Waals surface area contributed by atoms with Gasteiger partial charge in [-0.15, -0.1) is 0 Å². The Hall–Kier alpha value is -2.94. The maximum atomic E-state index is 13.0. The summed E-state index contributed by atoms with van der Waals surface area (Å²) in [4.78, 5) is 30.3. The number of allylic oxidation sites excluding steroid dienone is 2. The van der Waals surface area contributed by atoms with E-state index in [9.17, 15) is 9.59 Å². The van der Waals surface area contributed by atoms with Crippen molar-refractivity contribution in [1.29, 1.82) is 0 Å². The molecule has 1 aromatic rings. The van der Waals surface area contributed by atoms with Gasteiger partial charge in [0, 0.05) is 29.9 Å². The number of dihydropyridines is 1. The molecule has 0 saturated carbocycles. The Morgan fingerprint density at radius 2 is 1.62 bits per heavy atom. The average Bonchev–Trinajstić information content (AvgIpc) is 2.79. The molecule has 0 spiro atoms. The van der Waals surface area contributed by atoms with E-state index in [1.165, 1.54) is 11.8 Å². The number of thioether (sulfide) groups is 1. The number of nitrogens with zero attached hydrogens (tertiary/aromatic N) is 1. The van der Waals surface area contributed by atoms with E-state index in [2.05, 4.69) is 10.3 Å². The first-order valence-corrected chi connectivity index (χ1v) is 12.5. The van der Waals surface area contributed by atoms with Crippen LogP contribution in [0, 0.1) is 0 Å². The van der Waals surface area contributed by atoms with Gasteiger partial charge in [0.25, 0.3) is 0 Å². The predicted octanol–water partition coefficient (Wildman–Crippen LogP) is 3.88. The maximum Gasteiger partial charge on any atom is 0.336 e. The molecule has 0 unspecified atom stereocenters. The van der Waals surface area contributed by atoms with Crippen LogP contribution in [-0.4, -0.2) is 49.2 Å². The summed E-state index contributed by atoms with van der Waals surface area (Å²) < 4.78 is 16.8. The van der Waals surface area contributed by atoms with Crippen LogP contribution in [0.25, 0.3) is 0 Å². The Bertz CT molecular complexity index is 931. The molecule has 0 saturated heterocycles. The van der Waals surface area contributed by atoms with Gasteiger partial charge in [0.2, 0.25) is 0 Å². The first-order chi connectivity index (χ1) is 16.3. The molecule has 0 amide bonds. The molecule has 186 valence electrons. The van der Waals surface area contributed by atoms with E-state index >= 15 is 0 Å². The second-order valence-electron chi connectivity index (χ2n) is 7.47. The summed E-state index contributed by atoms with van der Waals surface area (Å²) >= 11 is 1.50. The summed E-state index contributed by atoms with van der Waals surface area (Å²) in [5.41, 5.74) is 8.50. The minimum atomic E-state index is -0.690. The number of para-hydroxylation sites is 1. The number of carbonyl (C=O) groups excluding carboxylic acids is 2. The average molecular weight is 490 g/mol. The van der Waals surface area contributed by atoms with Crippen molar-refractivity contribution in [3.05, 3.63) is 52.4 Å². The van der Waals surface area contributed by atoms with Gasteiger partial charge in [-0.05, 0) is 39.5 Å². The molecule has 0 atom stereocenters. The first kappa shape index (κ1) is 27.3. The van der Waals surface area contributed by atoms with Crippen LogP contribution < -0.4 is 15.8 Å². The Labute approximate surface area is 206 Å². The molecule has 0 aromatic heterocycles. The van der Waals surface area contributed by atoms with Gasteiger partial charge in [-0.3, -0.25) is 4.99 Å². The summed E-state index contributed by atoms with van der Waals surface area (Å²) in [7, 11) is 0. The molecule has 0 fully saturated rings. The number of hydrogen-bond acceptors (Lipinski definition) is 8. The van der Waals surface area contributed by atoms with Gasteiger partial charge in [0.15, 0.2) is 5.17 Å². The minimum Gasteiger partial charge on any atom is -0.493 e. The van der Waals surface area contributed by atoms with Gasteiger partial charge in [-0.1, -0.05) is 36.9 Å². The van der Waals surface area contributed by atoms with Crippen LogP contribution in [0.15, 0.2) is 51.8 Å². The third-order valence-corrected chi connectivity index (χ3v) is 5.81. The first-order valence-electron chi connectivity index (χ1n) is 11.5. The number of amidine groups is 1. The zero-order valence-corrected chi connectivity index (χ0v) is 21.4. The van der Waals surface area contributed by atoms with E-state index in [1.807, 2.05) is 31.2 Å². The highest BCUT2D eigenvalue weighted by atomic mass is 32.2. The fraction of sp³-hybridized carbons (Fsp3) is 0.480. The fourth-order valence-corrected chi connectivity index (χ4v) is 4.22. The Morgan fingerprint density at radius 3 is 2.18 bits per heavy atom. The van der Waals surface area contributed by atoms with Crippen LogP contribution in [0.2, 0.25) is 0 Å². The highest BCUT2D eigenvalue weighted by Gasteiger charge is 2.39. The van der Waals surface area contributed by atoms with Crippen LogP contribution in [0.4, 0.5) is 0 Å². The molecule has 3 N–H and O–H groups in total. The minimum absolute atomic E-state index is 0.220. The van der Waals surface area contributed by atoms with Crippen molar-refractivity contribution in [2.75, 3.05) is 32.1 Å². The topological polar surface area (TPSA) is 112 Å². The molecule has 1 aliphatic heterocycles. The molecule has 34 heavy (non-hydrogen) atoms. The molecule has 1 aromatic carbocycles. The quantitative estimate of drug-likeness (QED) is 0.208. The molecule has 9 heteroatoms. The van der Waals surface area contributed by atoms with Gasteiger partial charge >= 0.3 is 11.9 Å². The maximum absolute atomic E-state index is 13.0. The highest BCUT2D eigenvalue weighted by molar-refractivity contribution is 8.13. The lowest BCUT2D eigenvalue weighted by Gasteiger charge is -2.31. The summed E-state index contributed by atoms with van der Waals surface area (Å²) in [6.07, 6.45) is 0.671. The number of aliphatic imine (C=N–C) groups is 1. The molecular weight excluding hydrogens is 454 g/mol. The molecule has 0 bridgehead atoms. The molecule has 0 radical (unpaired) electrons. The number of rotatable bonds is 11. The Balaban J connectivity index is 2.41.